The van der Waals surface area contributed by atoms with Gasteiger partial charge in [-0.1, -0.05) is 6.92 Å². The quantitative estimate of drug-likeness (QED) is 0.702. The third-order valence-electron chi connectivity index (χ3n) is 3.38. The third-order valence-corrected chi connectivity index (χ3v) is 3.38. The lowest BCUT2D eigenvalue weighted by Crippen LogP contribution is -2.43. The Labute approximate surface area is 103 Å². The largest absolute Gasteiger partial charge is 0.347 e. The normalized spacial score (nSPS) is 23.5. The molecule has 0 aromatic rings. The molecule has 2 unspecified atom stereocenters. The van der Waals surface area contributed by atoms with Crippen molar-refractivity contribution in [2.45, 2.75) is 20.8 Å². The fourth-order valence-electron chi connectivity index (χ4n) is 2.14. The van der Waals surface area contributed by atoms with Crippen LogP contribution in [0.5, 0.6) is 0 Å². The molecule has 2 N–H and O–H groups in total. The minimum atomic E-state index is -0.0121. The highest BCUT2D eigenvalue weighted by Gasteiger charge is 2.29. The second-order valence-electron chi connectivity index (χ2n) is 4.53. The number of carbonyl (C=O) groups excluding carboxylic acids is 2. The topological polar surface area (TPSA) is 61.4 Å². The predicted octanol–water partition coefficient (Wildman–Crippen LogP) is -0.173. The van der Waals surface area contributed by atoms with E-state index in [2.05, 4.69) is 17.6 Å². The van der Waals surface area contributed by atoms with Crippen molar-refractivity contribution in [1.29, 1.82) is 0 Å². The molecule has 0 bridgehead atoms. The van der Waals surface area contributed by atoms with E-state index in [9.17, 15) is 9.59 Å². The summed E-state index contributed by atoms with van der Waals surface area (Å²) in [6, 6.07) is 0. The van der Waals surface area contributed by atoms with E-state index < -0.39 is 0 Å². The number of rotatable bonds is 5. The molecule has 0 aromatic heterocycles. The summed E-state index contributed by atoms with van der Waals surface area (Å²) in [7, 11) is 0. The van der Waals surface area contributed by atoms with E-state index in [0.29, 0.717) is 25.6 Å². The standard InChI is InChI=1S/C12H23N3O2/c1-4-15(5-2)11(16)8-14-12(17)10-7-13-6-9(10)3/h9-10,13H,4-8H2,1-3H3,(H,14,17). The molecule has 5 heteroatoms. The molecule has 2 atom stereocenters. The van der Waals surface area contributed by atoms with Gasteiger partial charge in [-0.3, -0.25) is 9.59 Å². The van der Waals surface area contributed by atoms with Crippen LogP contribution >= 0.6 is 0 Å². The van der Waals surface area contributed by atoms with E-state index in [1.165, 1.54) is 0 Å². The van der Waals surface area contributed by atoms with Crippen molar-refractivity contribution in [2.24, 2.45) is 11.8 Å². The van der Waals surface area contributed by atoms with E-state index in [4.69, 9.17) is 0 Å². The second-order valence-corrected chi connectivity index (χ2v) is 4.53. The van der Waals surface area contributed by atoms with Crippen LogP contribution in [-0.2, 0) is 9.59 Å². The van der Waals surface area contributed by atoms with Crippen LogP contribution in [0, 0.1) is 11.8 Å². The molecule has 0 spiro atoms. The first-order valence-corrected chi connectivity index (χ1v) is 6.36. The van der Waals surface area contributed by atoms with Gasteiger partial charge in [0.05, 0.1) is 12.5 Å². The molecular formula is C12H23N3O2. The molecule has 1 rings (SSSR count). The Balaban J connectivity index is 2.35. The van der Waals surface area contributed by atoms with Gasteiger partial charge in [0.2, 0.25) is 11.8 Å². The van der Waals surface area contributed by atoms with E-state index in [1.807, 2.05) is 13.8 Å². The zero-order valence-electron chi connectivity index (χ0n) is 11.0. The molecule has 0 aliphatic carbocycles. The van der Waals surface area contributed by atoms with E-state index >= 15 is 0 Å². The molecule has 2 amide bonds. The first-order valence-electron chi connectivity index (χ1n) is 6.36. The second kappa shape index (κ2) is 6.59. The average molecular weight is 241 g/mol. The minimum Gasteiger partial charge on any atom is -0.347 e. The summed E-state index contributed by atoms with van der Waals surface area (Å²) in [6.45, 7) is 9.01. The van der Waals surface area contributed by atoms with Crippen LogP contribution in [0.3, 0.4) is 0 Å². The smallest absolute Gasteiger partial charge is 0.241 e. The SMILES string of the molecule is CCN(CC)C(=O)CNC(=O)C1CNCC1C. The van der Waals surface area contributed by atoms with Crippen LogP contribution in [-0.4, -0.2) is 49.4 Å². The lowest BCUT2D eigenvalue weighted by molar-refractivity contribution is -0.133. The van der Waals surface area contributed by atoms with Crippen LogP contribution in [0.2, 0.25) is 0 Å². The minimum absolute atomic E-state index is 0.000460. The van der Waals surface area contributed by atoms with Gasteiger partial charge in [-0.25, -0.2) is 0 Å². The maximum absolute atomic E-state index is 11.8. The Kier molecular flexibility index (Phi) is 5.41. The van der Waals surface area contributed by atoms with E-state index in [0.717, 1.165) is 6.54 Å². The van der Waals surface area contributed by atoms with Crippen molar-refractivity contribution < 1.29 is 9.59 Å². The molecule has 1 aliphatic rings. The number of carbonyl (C=O) groups is 2. The molecule has 1 saturated heterocycles. The number of hydrogen-bond acceptors (Lipinski definition) is 3. The molecule has 0 radical (unpaired) electrons. The Morgan fingerprint density at radius 3 is 2.41 bits per heavy atom. The molecule has 98 valence electrons. The van der Waals surface area contributed by atoms with Crippen LogP contribution < -0.4 is 10.6 Å². The fourth-order valence-corrected chi connectivity index (χ4v) is 2.14. The number of nitrogens with one attached hydrogen (secondary N) is 2. The summed E-state index contributed by atoms with van der Waals surface area (Å²) in [5.41, 5.74) is 0. The number of likely N-dealkylation sites (N-methyl/N-ethyl adjacent to an activating group) is 1. The van der Waals surface area contributed by atoms with E-state index in [-0.39, 0.29) is 24.3 Å². The summed E-state index contributed by atoms with van der Waals surface area (Å²) >= 11 is 0. The first-order chi connectivity index (χ1) is 8.10. The van der Waals surface area contributed by atoms with Crippen molar-refractivity contribution in [3.8, 4) is 0 Å². The van der Waals surface area contributed by atoms with Crippen molar-refractivity contribution in [1.82, 2.24) is 15.5 Å². The molecule has 17 heavy (non-hydrogen) atoms. The summed E-state index contributed by atoms with van der Waals surface area (Å²) in [4.78, 5) is 25.3. The van der Waals surface area contributed by atoms with Gasteiger partial charge in [-0.05, 0) is 26.3 Å². The van der Waals surface area contributed by atoms with Gasteiger partial charge >= 0.3 is 0 Å². The van der Waals surface area contributed by atoms with Crippen LogP contribution in [0.25, 0.3) is 0 Å². The molecule has 1 aliphatic heterocycles. The van der Waals surface area contributed by atoms with Crippen molar-refractivity contribution in [3.05, 3.63) is 0 Å². The number of amides is 2. The molecule has 5 nitrogen and oxygen atoms in total. The van der Waals surface area contributed by atoms with Crippen LogP contribution in [0.4, 0.5) is 0 Å². The fraction of sp³-hybridized carbons (Fsp3) is 0.833. The zero-order valence-corrected chi connectivity index (χ0v) is 11.0. The summed E-state index contributed by atoms with van der Waals surface area (Å²) in [5.74, 6) is 0.322. The highest BCUT2D eigenvalue weighted by atomic mass is 16.2. The lowest BCUT2D eigenvalue weighted by Gasteiger charge is -2.20. The summed E-state index contributed by atoms with van der Waals surface area (Å²) in [6.07, 6.45) is 0. The Morgan fingerprint density at radius 1 is 1.29 bits per heavy atom. The van der Waals surface area contributed by atoms with Crippen molar-refractivity contribution >= 4 is 11.8 Å². The predicted molar refractivity (Wildman–Crippen MR) is 66.5 cm³/mol. The maximum atomic E-state index is 11.8. The maximum Gasteiger partial charge on any atom is 0.241 e. The van der Waals surface area contributed by atoms with Gasteiger partial charge in [0, 0.05) is 19.6 Å². The highest BCUT2D eigenvalue weighted by Crippen LogP contribution is 2.15. The van der Waals surface area contributed by atoms with Crippen molar-refractivity contribution in [2.75, 3.05) is 32.7 Å². The molecular weight excluding hydrogens is 218 g/mol. The van der Waals surface area contributed by atoms with Crippen molar-refractivity contribution in [3.63, 3.8) is 0 Å². The van der Waals surface area contributed by atoms with Gasteiger partial charge < -0.3 is 15.5 Å². The Hall–Kier alpha value is -1.10. The zero-order chi connectivity index (χ0) is 12.8. The van der Waals surface area contributed by atoms with Gasteiger partial charge in [-0.2, -0.15) is 0 Å². The van der Waals surface area contributed by atoms with Gasteiger partial charge in [-0.15, -0.1) is 0 Å². The molecule has 1 heterocycles. The number of hydrogen-bond donors (Lipinski definition) is 2. The van der Waals surface area contributed by atoms with Crippen LogP contribution in [0.15, 0.2) is 0 Å². The first kappa shape index (κ1) is 14.0. The number of nitrogens with zero attached hydrogens (tertiary/aromatic N) is 1. The lowest BCUT2D eigenvalue weighted by atomic mass is 9.97. The van der Waals surface area contributed by atoms with Crippen LogP contribution in [0.1, 0.15) is 20.8 Å². The average Bonchev–Trinajstić information content (AvgIpc) is 2.74. The Morgan fingerprint density at radius 2 is 1.94 bits per heavy atom. The van der Waals surface area contributed by atoms with Gasteiger partial charge in [0.25, 0.3) is 0 Å². The highest BCUT2D eigenvalue weighted by molar-refractivity contribution is 5.86. The Bertz CT molecular complexity index is 277. The van der Waals surface area contributed by atoms with E-state index in [1.54, 1.807) is 4.90 Å². The summed E-state index contributed by atoms with van der Waals surface area (Å²) < 4.78 is 0. The van der Waals surface area contributed by atoms with Gasteiger partial charge in [0.1, 0.15) is 0 Å². The third kappa shape index (κ3) is 3.70. The van der Waals surface area contributed by atoms with Gasteiger partial charge in [0.15, 0.2) is 0 Å². The molecule has 1 fully saturated rings. The monoisotopic (exact) mass is 241 g/mol. The molecule has 0 saturated carbocycles. The summed E-state index contributed by atoms with van der Waals surface area (Å²) in [5, 5.41) is 5.91. The molecule has 0 aromatic carbocycles.